The maximum atomic E-state index is 12.6. The first-order valence-corrected chi connectivity index (χ1v) is 8.69. The van der Waals surface area contributed by atoms with Crippen LogP contribution in [0.3, 0.4) is 0 Å². The molecule has 3 fully saturated rings. The van der Waals surface area contributed by atoms with Gasteiger partial charge in [-0.1, -0.05) is 0 Å². The van der Waals surface area contributed by atoms with Gasteiger partial charge in [0.1, 0.15) is 6.10 Å². The molecule has 3 rings (SSSR count). The van der Waals surface area contributed by atoms with Crippen molar-refractivity contribution in [3.63, 3.8) is 0 Å². The highest BCUT2D eigenvalue weighted by Gasteiger charge is 2.34. The predicted molar refractivity (Wildman–Crippen MR) is 83.7 cm³/mol. The third kappa shape index (κ3) is 3.84. The molecule has 2 amide bonds. The molecule has 2 N–H and O–H groups in total. The lowest BCUT2D eigenvalue weighted by atomic mass is 9.91. The van der Waals surface area contributed by atoms with Crippen molar-refractivity contribution in [2.45, 2.75) is 37.8 Å². The fraction of sp³-hybridized carbons (Fsp3) is 0.875. The molecule has 3 aliphatic rings. The molecular formula is C16H27N3O4. The van der Waals surface area contributed by atoms with Gasteiger partial charge in [-0.15, -0.1) is 0 Å². The molecule has 0 aromatic rings. The van der Waals surface area contributed by atoms with Crippen molar-refractivity contribution in [3.8, 4) is 0 Å². The van der Waals surface area contributed by atoms with Crippen LogP contribution < -0.4 is 5.73 Å². The van der Waals surface area contributed by atoms with Crippen LogP contribution in [0.15, 0.2) is 0 Å². The second-order valence-corrected chi connectivity index (χ2v) is 6.63. The van der Waals surface area contributed by atoms with Crippen LogP contribution in [0.25, 0.3) is 0 Å². The Morgan fingerprint density at radius 1 is 0.957 bits per heavy atom. The van der Waals surface area contributed by atoms with Crippen molar-refractivity contribution >= 4 is 11.8 Å². The van der Waals surface area contributed by atoms with Gasteiger partial charge >= 0.3 is 0 Å². The Balaban J connectivity index is 1.47. The molecule has 2 unspecified atom stereocenters. The molecule has 23 heavy (non-hydrogen) atoms. The Labute approximate surface area is 137 Å². The molecule has 3 aliphatic heterocycles. The Kier molecular flexibility index (Phi) is 5.50. The van der Waals surface area contributed by atoms with E-state index >= 15 is 0 Å². The van der Waals surface area contributed by atoms with Gasteiger partial charge in [-0.2, -0.15) is 0 Å². The largest absolute Gasteiger partial charge is 0.381 e. The van der Waals surface area contributed by atoms with Crippen molar-refractivity contribution in [2.75, 3.05) is 46.0 Å². The molecule has 0 spiro atoms. The van der Waals surface area contributed by atoms with E-state index in [0.29, 0.717) is 46.0 Å². The number of piperazine rings is 1. The van der Waals surface area contributed by atoms with Gasteiger partial charge in [0.05, 0.1) is 6.04 Å². The van der Waals surface area contributed by atoms with E-state index in [-0.39, 0.29) is 23.8 Å². The van der Waals surface area contributed by atoms with E-state index in [9.17, 15) is 9.59 Å². The normalized spacial score (nSPS) is 28.0. The summed E-state index contributed by atoms with van der Waals surface area (Å²) >= 11 is 0. The minimum absolute atomic E-state index is 0.0149. The zero-order valence-electron chi connectivity index (χ0n) is 13.6. The average molecular weight is 325 g/mol. The smallest absolute Gasteiger partial charge is 0.251 e. The van der Waals surface area contributed by atoms with Crippen molar-refractivity contribution in [1.29, 1.82) is 0 Å². The summed E-state index contributed by atoms with van der Waals surface area (Å²) in [5.41, 5.74) is 6.17. The topological polar surface area (TPSA) is 85.1 Å². The van der Waals surface area contributed by atoms with Gasteiger partial charge < -0.3 is 25.0 Å². The second kappa shape index (κ2) is 7.59. The lowest BCUT2D eigenvalue weighted by molar-refractivity contribution is -0.147. The fourth-order valence-electron chi connectivity index (χ4n) is 3.61. The minimum Gasteiger partial charge on any atom is -0.381 e. The highest BCUT2D eigenvalue weighted by atomic mass is 16.5. The van der Waals surface area contributed by atoms with E-state index in [4.69, 9.17) is 15.2 Å². The number of nitrogens with zero attached hydrogens (tertiary/aromatic N) is 2. The second-order valence-electron chi connectivity index (χ2n) is 6.63. The molecule has 0 bridgehead atoms. The van der Waals surface area contributed by atoms with E-state index in [1.54, 1.807) is 4.90 Å². The number of carbonyl (C=O) groups excluding carboxylic acids is 2. The van der Waals surface area contributed by atoms with Crippen LogP contribution in [0.5, 0.6) is 0 Å². The number of rotatable bonds is 3. The molecule has 0 aliphatic carbocycles. The van der Waals surface area contributed by atoms with Crippen LogP contribution in [0.4, 0.5) is 0 Å². The van der Waals surface area contributed by atoms with Gasteiger partial charge in [0, 0.05) is 46.0 Å². The standard InChI is InChI=1S/C16H27N3O4/c17-14(12-3-10-22-11-4-12)16(21)19-7-5-18(6-8-19)15(20)13-2-1-9-23-13/h12-14H,1-11,17H2. The van der Waals surface area contributed by atoms with Crippen LogP contribution in [0.2, 0.25) is 0 Å². The van der Waals surface area contributed by atoms with Crippen molar-refractivity contribution in [3.05, 3.63) is 0 Å². The van der Waals surface area contributed by atoms with E-state index < -0.39 is 6.04 Å². The molecule has 0 saturated carbocycles. The summed E-state index contributed by atoms with van der Waals surface area (Å²) in [6.07, 6.45) is 3.19. The van der Waals surface area contributed by atoms with Crippen LogP contribution in [0.1, 0.15) is 25.7 Å². The predicted octanol–water partition coefficient (Wildman–Crippen LogP) is -0.410. The van der Waals surface area contributed by atoms with Gasteiger partial charge in [0.2, 0.25) is 5.91 Å². The maximum absolute atomic E-state index is 12.6. The molecule has 2 atom stereocenters. The number of ether oxygens (including phenoxy) is 2. The van der Waals surface area contributed by atoms with E-state index in [1.165, 1.54) is 0 Å². The summed E-state index contributed by atoms with van der Waals surface area (Å²) in [6.45, 7) is 4.33. The van der Waals surface area contributed by atoms with E-state index in [1.807, 2.05) is 4.90 Å². The zero-order chi connectivity index (χ0) is 16.2. The number of amides is 2. The van der Waals surface area contributed by atoms with Gasteiger partial charge in [-0.25, -0.2) is 0 Å². The first-order valence-electron chi connectivity index (χ1n) is 8.69. The molecule has 0 radical (unpaired) electrons. The summed E-state index contributed by atoms with van der Waals surface area (Å²) in [5.74, 6) is 0.298. The Morgan fingerprint density at radius 2 is 1.61 bits per heavy atom. The third-order valence-corrected chi connectivity index (χ3v) is 5.17. The molecule has 130 valence electrons. The fourth-order valence-corrected chi connectivity index (χ4v) is 3.61. The Hall–Kier alpha value is -1.18. The van der Waals surface area contributed by atoms with Crippen molar-refractivity contribution < 1.29 is 19.1 Å². The van der Waals surface area contributed by atoms with Crippen LogP contribution in [-0.2, 0) is 19.1 Å². The zero-order valence-corrected chi connectivity index (χ0v) is 13.6. The summed E-state index contributed by atoms with van der Waals surface area (Å²) in [7, 11) is 0. The summed E-state index contributed by atoms with van der Waals surface area (Å²) < 4.78 is 10.8. The molecule has 7 nitrogen and oxygen atoms in total. The van der Waals surface area contributed by atoms with Crippen LogP contribution >= 0.6 is 0 Å². The van der Waals surface area contributed by atoms with Gasteiger partial charge in [-0.05, 0) is 31.6 Å². The molecular weight excluding hydrogens is 298 g/mol. The van der Waals surface area contributed by atoms with Crippen molar-refractivity contribution in [1.82, 2.24) is 9.80 Å². The molecule has 0 aromatic heterocycles. The Morgan fingerprint density at radius 3 is 2.22 bits per heavy atom. The number of hydrogen-bond acceptors (Lipinski definition) is 5. The third-order valence-electron chi connectivity index (χ3n) is 5.17. The van der Waals surface area contributed by atoms with E-state index in [2.05, 4.69) is 0 Å². The molecule has 3 saturated heterocycles. The van der Waals surface area contributed by atoms with Gasteiger partial charge in [-0.3, -0.25) is 9.59 Å². The summed E-state index contributed by atoms with van der Waals surface area (Å²) in [4.78, 5) is 28.5. The van der Waals surface area contributed by atoms with Crippen LogP contribution in [-0.4, -0.2) is 79.8 Å². The molecule has 3 heterocycles. The van der Waals surface area contributed by atoms with Gasteiger partial charge in [0.15, 0.2) is 0 Å². The number of hydrogen-bond donors (Lipinski definition) is 1. The SMILES string of the molecule is NC(C(=O)N1CCN(C(=O)C2CCCO2)CC1)C1CCOCC1. The number of nitrogens with two attached hydrogens (primary N) is 1. The average Bonchev–Trinajstić information content (AvgIpc) is 3.15. The highest BCUT2D eigenvalue weighted by Crippen LogP contribution is 2.20. The maximum Gasteiger partial charge on any atom is 0.251 e. The first-order chi connectivity index (χ1) is 11.2. The molecule has 7 heteroatoms. The highest BCUT2D eigenvalue weighted by molar-refractivity contribution is 5.83. The lowest BCUT2D eigenvalue weighted by Crippen LogP contribution is -2.57. The quantitative estimate of drug-likeness (QED) is 0.762. The van der Waals surface area contributed by atoms with E-state index in [0.717, 1.165) is 25.7 Å². The number of carbonyl (C=O) groups is 2. The van der Waals surface area contributed by atoms with Gasteiger partial charge in [0.25, 0.3) is 5.91 Å². The lowest BCUT2D eigenvalue weighted by Gasteiger charge is -2.38. The van der Waals surface area contributed by atoms with Crippen molar-refractivity contribution in [2.24, 2.45) is 11.7 Å². The monoisotopic (exact) mass is 325 g/mol. The van der Waals surface area contributed by atoms with Crippen LogP contribution in [0, 0.1) is 5.92 Å². The molecule has 0 aromatic carbocycles. The summed E-state index contributed by atoms with van der Waals surface area (Å²) in [5, 5.41) is 0. The minimum atomic E-state index is -0.445. The first kappa shape index (κ1) is 16.7. The Bertz CT molecular complexity index is 425. The summed E-state index contributed by atoms with van der Waals surface area (Å²) in [6, 6.07) is -0.445.